The number of benzene rings is 1. The van der Waals surface area contributed by atoms with Crippen LogP contribution in [0.5, 0.6) is 0 Å². The Kier molecular flexibility index (Phi) is 4.72. The maximum Gasteiger partial charge on any atom is 0.0941 e. The standard InChI is InChI=1S/C15H22N2S/c1-4-16-10-12(3)11(2)9-15-17-13-7-5-6-8-14(13)18-15/h5-8,11-12,16H,4,9-10H2,1-3H3. The van der Waals surface area contributed by atoms with Gasteiger partial charge in [0, 0.05) is 6.42 Å². The zero-order chi connectivity index (χ0) is 13.0. The molecule has 0 aliphatic carbocycles. The molecule has 0 saturated carbocycles. The van der Waals surface area contributed by atoms with Crippen molar-refractivity contribution >= 4 is 21.6 Å². The topological polar surface area (TPSA) is 24.9 Å². The van der Waals surface area contributed by atoms with Crippen LogP contribution >= 0.6 is 11.3 Å². The highest BCUT2D eigenvalue weighted by atomic mass is 32.1. The molecular weight excluding hydrogens is 240 g/mol. The number of fused-ring (bicyclic) bond motifs is 1. The molecule has 1 aromatic carbocycles. The van der Waals surface area contributed by atoms with Crippen LogP contribution in [0.15, 0.2) is 24.3 Å². The fourth-order valence-electron chi connectivity index (χ4n) is 2.06. The van der Waals surface area contributed by atoms with Crippen molar-refractivity contribution in [2.45, 2.75) is 27.2 Å². The number of hydrogen-bond donors (Lipinski definition) is 1. The van der Waals surface area contributed by atoms with E-state index in [1.165, 1.54) is 9.71 Å². The minimum absolute atomic E-state index is 0.671. The summed E-state index contributed by atoms with van der Waals surface area (Å²) in [5.74, 6) is 1.36. The minimum atomic E-state index is 0.671. The molecule has 2 rings (SSSR count). The Bertz CT molecular complexity index is 459. The second-order valence-electron chi connectivity index (χ2n) is 5.04. The number of nitrogens with one attached hydrogen (secondary N) is 1. The summed E-state index contributed by atoms with van der Waals surface area (Å²) in [6, 6.07) is 8.40. The van der Waals surface area contributed by atoms with Gasteiger partial charge in [-0.15, -0.1) is 11.3 Å². The van der Waals surface area contributed by atoms with E-state index in [1.807, 2.05) is 11.3 Å². The summed E-state index contributed by atoms with van der Waals surface area (Å²) in [6.07, 6.45) is 1.09. The van der Waals surface area contributed by atoms with Crippen LogP contribution in [-0.4, -0.2) is 18.1 Å². The molecule has 18 heavy (non-hydrogen) atoms. The Labute approximate surface area is 113 Å². The lowest BCUT2D eigenvalue weighted by atomic mass is 9.93. The Balaban J connectivity index is 1.99. The summed E-state index contributed by atoms with van der Waals surface area (Å²) in [5, 5.41) is 4.69. The molecule has 2 nitrogen and oxygen atoms in total. The molecule has 3 heteroatoms. The van der Waals surface area contributed by atoms with Gasteiger partial charge in [0.1, 0.15) is 0 Å². The summed E-state index contributed by atoms with van der Waals surface area (Å²) in [7, 11) is 0. The van der Waals surface area contributed by atoms with Crippen molar-refractivity contribution < 1.29 is 0 Å². The van der Waals surface area contributed by atoms with Crippen molar-refractivity contribution in [2.75, 3.05) is 13.1 Å². The monoisotopic (exact) mass is 262 g/mol. The smallest absolute Gasteiger partial charge is 0.0941 e. The van der Waals surface area contributed by atoms with Gasteiger partial charge < -0.3 is 5.32 Å². The molecule has 0 aliphatic heterocycles. The van der Waals surface area contributed by atoms with Crippen LogP contribution in [0.25, 0.3) is 10.2 Å². The molecule has 0 saturated heterocycles. The summed E-state index contributed by atoms with van der Waals surface area (Å²) >= 11 is 1.84. The number of aromatic nitrogens is 1. The number of para-hydroxylation sites is 1. The molecule has 0 spiro atoms. The Hall–Kier alpha value is -0.930. The molecule has 0 radical (unpaired) electrons. The molecule has 0 fully saturated rings. The predicted octanol–water partition coefficient (Wildman–Crippen LogP) is 3.72. The van der Waals surface area contributed by atoms with Crippen LogP contribution in [0.1, 0.15) is 25.8 Å². The highest BCUT2D eigenvalue weighted by Gasteiger charge is 2.14. The number of thiazole rings is 1. The largest absolute Gasteiger partial charge is 0.317 e. The minimum Gasteiger partial charge on any atom is -0.317 e. The summed E-state index contributed by atoms with van der Waals surface area (Å²) in [5.41, 5.74) is 1.14. The third-order valence-corrected chi connectivity index (χ3v) is 4.58. The van der Waals surface area contributed by atoms with Crippen molar-refractivity contribution in [1.29, 1.82) is 0 Å². The first kappa shape index (κ1) is 13.5. The molecule has 98 valence electrons. The molecule has 1 aromatic heterocycles. The van der Waals surface area contributed by atoms with E-state index in [0.29, 0.717) is 11.8 Å². The third-order valence-electron chi connectivity index (χ3n) is 3.52. The van der Waals surface area contributed by atoms with Gasteiger partial charge in [0.2, 0.25) is 0 Å². The third kappa shape index (κ3) is 3.30. The van der Waals surface area contributed by atoms with Crippen LogP contribution in [0.4, 0.5) is 0 Å². The zero-order valence-electron chi connectivity index (χ0n) is 11.4. The SMILES string of the molecule is CCNCC(C)C(C)Cc1nc2ccccc2s1. The first-order valence-electron chi connectivity index (χ1n) is 6.76. The number of rotatable bonds is 6. The predicted molar refractivity (Wildman–Crippen MR) is 80.2 cm³/mol. The maximum atomic E-state index is 4.71. The van der Waals surface area contributed by atoms with E-state index in [2.05, 4.69) is 50.4 Å². The second kappa shape index (κ2) is 6.30. The van der Waals surface area contributed by atoms with E-state index in [0.717, 1.165) is 25.0 Å². The van der Waals surface area contributed by atoms with Gasteiger partial charge in [-0.1, -0.05) is 32.9 Å². The average molecular weight is 262 g/mol. The van der Waals surface area contributed by atoms with Crippen LogP contribution in [0.3, 0.4) is 0 Å². The fraction of sp³-hybridized carbons (Fsp3) is 0.533. The van der Waals surface area contributed by atoms with Crippen molar-refractivity contribution in [2.24, 2.45) is 11.8 Å². The highest BCUT2D eigenvalue weighted by Crippen LogP contribution is 2.25. The van der Waals surface area contributed by atoms with Crippen molar-refractivity contribution in [3.05, 3.63) is 29.3 Å². The summed E-state index contributed by atoms with van der Waals surface area (Å²) in [4.78, 5) is 4.71. The van der Waals surface area contributed by atoms with Gasteiger partial charge in [-0.05, 0) is 37.1 Å². The molecule has 1 heterocycles. The zero-order valence-corrected chi connectivity index (χ0v) is 12.3. The van der Waals surface area contributed by atoms with Gasteiger partial charge in [-0.25, -0.2) is 4.98 Å². The van der Waals surface area contributed by atoms with E-state index in [-0.39, 0.29) is 0 Å². The van der Waals surface area contributed by atoms with Gasteiger partial charge in [0.05, 0.1) is 15.2 Å². The molecule has 2 unspecified atom stereocenters. The Morgan fingerprint density at radius 2 is 2.00 bits per heavy atom. The molecule has 0 bridgehead atoms. The lowest BCUT2D eigenvalue weighted by Crippen LogP contribution is -2.25. The number of hydrogen-bond acceptors (Lipinski definition) is 3. The summed E-state index contributed by atoms with van der Waals surface area (Å²) in [6.45, 7) is 8.96. The van der Waals surface area contributed by atoms with E-state index >= 15 is 0 Å². The Morgan fingerprint density at radius 3 is 2.72 bits per heavy atom. The van der Waals surface area contributed by atoms with Crippen LogP contribution in [0.2, 0.25) is 0 Å². The van der Waals surface area contributed by atoms with Crippen molar-refractivity contribution in [3.8, 4) is 0 Å². The van der Waals surface area contributed by atoms with Gasteiger partial charge in [0.15, 0.2) is 0 Å². The first-order valence-corrected chi connectivity index (χ1v) is 7.57. The lowest BCUT2D eigenvalue weighted by molar-refractivity contribution is 0.368. The highest BCUT2D eigenvalue weighted by molar-refractivity contribution is 7.18. The molecule has 0 amide bonds. The molecule has 1 N–H and O–H groups in total. The maximum absolute atomic E-state index is 4.71. The summed E-state index contributed by atoms with van der Waals surface area (Å²) < 4.78 is 1.30. The Morgan fingerprint density at radius 1 is 1.22 bits per heavy atom. The number of nitrogens with zero attached hydrogens (tertiary/aromatic N) is 1. The molecule has 2 aromatic rings. The van der Waals surface area contributed by atoms with E-state index in [1.54, 1.807) is 0 Å². The normalized spacial score (nSPS) is 14.8. The quantitative estimate of drug-likeness (QED) is 0.858. The van der Waals surface area contributed by atoms with Gasteiger partial charge >= 0.3 is 0 Å². The second-order valence-corrected chi connectivity index (χ2v) is 6.16. The van der Waals surface area contributed by atoms with Gasteiger partial charge in [-0.2, -0.15) is 0 Å². The van der Waals surface area contributed by atoms with E-state index in [4.69, 9.17) is 4.98 Å². The van der Waals surface area contributed by atoms with Crippen LogP contribution < -0.4 is 5.32 Å². The van der Waals surface area contributed by atoms with Gasteiger partial charge in [-0.3, -0.25) is 0 Å². The van der Waals surface area contributed by atoms with E-state index < -0.39 is 0 Å². The average Bonchev–Trinajstić information content (AvgIpc) is 2.77. The van der Waals surface area contributed by atoms with E-state index in [9.17, 15) is 0 Å². The van der Waals surface area contributed by atoms with Crippen molar-refractivity contribution in [3.63, 3.8) is 0 Å². The fourth-order valence-corrected chi connectivity index (χ4v) is 3.17. The first-order chi connectivity index (χ1) is 8.70. The molecule has 0 aliphatic rings. The van der Waals surface area contributed by atoms with Crippen LogP contribution in [-0.2, 0) is 6.42 Å². The molecular formula is C15H22N2S. The lowest BCUT2D eigenvalue weighted by Gasteiger charge is -2.18. The van der Waals surface area contributed by atoms with Gasteiger partial charge in [0.25, 0.3) is 0 Å². The van der Waals surface area contributed by atoms with Crippen molar-refractivity contribution in [1.82, 2.24) is 10.3 Å². The van der Waals surface area contributed by atoms with Crippen LogP contribution in [0, 0.1) is 11.8 Å². The molecule has 2 atom stereocenters.